The molecule has 2 aliphatic carbocycles. The molecule has 0 amide bonds. The van der Waals surface area contributed by atoms with E-state index in [1.807, 2.05) is 7.05 Å². The van der Waals surface area contributed by atoms with Crippen molar-refractivity contribution in [3.05, 3.63) is 35.1 Å². The Hall–Kier alpha value is -4.74. The Labute approximate surface area is 272 Å². The minimum atomic E-state index is -2.10. The third-order valence-electron chi connectivity index (χ3n) is 9.32. The molecule has 1 fully saturated rings. The van der Waals surface area contributed by atoms with Crippen LogP contribution in [-0.2, 0) is 59.6 Å². The van der Waals surface area contributed by atoms with E-state index in [1.165, 1.54) is 12.1 Å². The van der Waals surface area contributed by atoms with Gasteiger partial charge in [0.15, 0.2) is 23.7 Å². The number of benzene rings is 1. The molecule has 2 bridgehead atoms. The molecule has 0 radical (unpaired) electrons. The Morgan fingerprint density at radius 1 is 1.00 bits per heavy atom. The molecular formula is C31H35NO16. The summed E-state index contributed by atoms with van der Waals surface area (Å²) in [6.07, 6.45) is -8.41. The van der Waals surface area contributed by atoms with E-state index in [0.717, 1.165) is 19.4 Å². The number of esters is 4. The van der Waals surface area contributed by atoms with Crippen LogP contribution in [0.5, 0.6) is 11.5 Å². The number of aliphatic hydroxyl groups is 2. The zero-order valence-electron chi connectivity index (χ0n) is 26.1. The number of likely N-dealkylation sites (N-methyl/N-ethyl adjacent to an activating group) is 1. The molecule has 1 saturated heterocycles. The normalized spacial score (nSPS) is 27.5. The first-order chi connectivity index (χ1) is 22.5. The van der Waals surface area contributed by atoms with Gasteiger partial charge < -0.3 is 54.1 Å². The maximum absolute atomic E-state index is 13.3. The Kier molecular flexibility index (Phi) is 9.15. The van der Waals surface area contributed by atoms with Crippen LogP contribution in [0.4, 0.5) is 0 Å². The fourth-order valence-corrected chi connectivity index (χ4v) is 7.05. The van der Waals surface area contributed by atoms with Crippen molar-refractivity contribution >= 4 is 35.8 Å². The molecule has 4 aliphatic rings. The second-order valence-electron chi connectivity index (χ2n) is 12.3. The Balaban J connectivity index is 1.34. The predicted molar refractivity (Wildman–Crippen MR) is 154 cm³/mol. The Morgan fingerprint density at radius 3 is 2.33 bits per heavy atom. The summed E-state index contributed by atoms with van der Waals surface area (Å²) in [7, 11) is 1.90. The number of aromatic hydroxyl groups is 1. The first-order valence-corrected chi connectivity index (χ1v) is 15.1. The maximum Gasteiger partial charge on any atom is 0.348 e. The van der Waals surface area contributed by atoms with Crippen LogP contribution in [0.1, 0.15) is 50.7 Å². The molecular weight excluding hydrogens is 642 g/mol. The Morgan fingerprint density at radius 2 is 1.69 bits per heavy atom. The number of phenols is 1. The van der Waals surface area contributed by atoms with E-state index >= 15 is 0 Å². The topological polar surface area (TPSA) is 253 Å². The number of likely N-dealkylation sites (tertiary alicyclic amines) is 1. The van der Waals surface area contributed by atoms with Crippen molar-refractivity contribution in [2.75, 3.05) is 13.6 Å². The Bertz CT molecular complexity index is 1590. The lowest BCUT2D eigenvalue weighted by Crippen LogP contribution is -2.74. The highest BCUT2D eigenvalue weighted by atomic mass is 16.6. The highest BCUT2D eigenvalue weighted by Gasteiger charge is 2.72. The van der Waals surface area contributed by atoms with Gasteiger partial charge in [0.1, 0.15) is 11.9 Å². The molecule has 0 aromatic heterocycles. The van der Waals surface area contributed by atoms with E-state index < -0.39 is 90.2 Å². The number of hydrogen-bond acceptors (Lipinski definition) is 15. The molecule has 17 nitrogen and oxygen atoms in total. The van der Waals surface area contributed by atoms with Crippen molar-refractivity contribution in [3.63, 3.8) is 0 Å². The van der Waals surface area contributed by atoms with Crippen molar-refractivity contribution in [3.8, 4) is 11.5 Å². The molecule has 1 aromatic rings. The third kappa shape index (κ3) is 5.81. The van der Waals surface area contributed by atoms with Crippen LogP contribution in [0, 0.1) is 0 Å². The molecule has 2 heterocycles. The van der Waals surface area contributed by atoms with Gasteiger partial charge in [-0.1, -0.05) is 6.07 Å². The van der Waals surface area contributed by atoms with Crippen LogP contribution in [0.2, 0.25) is 0 Å². The molecule has 8 atom stereocenters. The van der Waals surface area contributed by atoms with Crippen LogP contribution >= 0.6 is 0 Å². The number of rotatable bonds is 12. The largest absolute Gasteiger partial charge is 0.504 e. The van der Waals surface area contributed by atoms with Gasteiger partial charge in [-0.3, -0.25) is 9.59 Å². The van der Waals surface area contributed by atoms with E-state index in [1.54, 1.807) is 6.07 Å². The number of hydrogen-bond donors (Lipinski definition) is 5. The smallest absolute Gasteiger partial charge is 0.348 e. The van der Waals surface area contributed by atoms with Gasteiger partial charge in [-0.25, -0.2) is 19.2 Å². The lowest BCUT2D eigenvalue weighted by Gasteiger charge is -2.61. The van der Waals surface area contributed by atoms with Gasteiger partial charge in [0, 0.05) is 18.0 Å². The van der Waals surface area contributed by atoms with Crippen LogP contribution in [0.25, 0.3) is 0 Å². The van der Waals surface area contributed by atoms with Gasteiger partial charge in [-0.05, 0) is 58.0 Å². The van der Waals surface area contributed by atoms with Crippen LogP contribution in [0.15, 0.2) is 24.0 Å². The number of aliphatic carboxylic acids is 2. The van der Waals surface area contributed by atoms with Gasteiger partial charge in [0.25, 0.3) is 0 Å². The van der Waals surface area contributed by atoms with Crippen LogP contribution in [0.3, 0.4) is 0 Å². The third-order valence-corrected chi connectivity index (χ3v) is 9.32. The average Bonchev–Trinajstić information content (AvgIpc) is 3.36. The zero-order chi connectivity index (χ0) is 35.3. The first kappa shape index (κ1) is 34.6. The molecule has 0 saturated carbocycles. The number of nitrogens with zero attached hydrogens (tertiary/aromatic N) is 1. The van der Waals surface area contributed by atoms with Gasteiger partial charge in [0.05, 0.1) is 23.9 Å². The van der Waals surface area contributed by atoms with Crippen molar-refractivity contribution in [1.82, 2.24) is 4.90 Å². The van der Waals surface area contributed by atoms with E-state index in [4.69, 9.17) is 29.2 Å². The SMILES string of the molecule is CC(O)C(=O)OC(CC(=O)OC1=CC[C@@]2(O)[C@H]3Cc4ccc(O)c5c4[C@@]2(CCN3C)[C@H]1O5)C(=O)OC(C)C(=O)OC(CC(=O)O)C(=O)O. The minimum absolute atomic E-state index is 0.0134. The standard InChI is InChI=1S/C31H35NO16/c1-13(33)27(40)47-19(29(42)44-14(2)28(41)46-18(26(38)39)11-21(35)36)12-22(37)45-17-6-7-31(43)20-10-15-4-5-16(34)24-23(15)30(31,25(17)48-24)8-9-32(20)3/h4-6,13-14,18-20,25,33-34,43H,7-12H2,1-3H3,(H,35,36)(H,38,39)/t13?,14?,18?,19?,20-,25+,30+,31-/m1/s1. The summed E-state index contributed by atoms with van der Waals surface area (Å²) >= 11 is 0. The van der Waals surface area contributed by atoms with Gasteiger partial charge in [-0.15, -0.1) is 0 Å². The fourth-order valence-electron chi connectivity index (χ4n) is 7.05. The number of phenolic OH excluding ortho intramolecular Hbond substituents is 1. The summed E-state index contributed by atoms with van der Waals surface area (Å²) in [5.74, 6) is -8.71. The van der Waals surface area contributed by atoms with Gasteiger partial charge >= 0.3 is 35.8 Å². The molecule has 5 rings (SSSR count). The number of carbonyl (C=O) groups excluding carboxylic acids is 4. The van der Waals surface area contributed by atoms with E-state index in [2.05, 4.69) is 9.64 Å². The number of ether oxygens (including phenoxy) is 5. The molecule has 260 valence electrons. The van der Waals surface area contributed by atoms with E-state index in [9.17, 15) is 44.1 Å². The average molecular weight is 678 g/mol. The molecule has 17 heteroatoms. The molecule has 48 heavy (non-hydrogen) atoms. The molecule has 5 N–H and O–H groups in total. The summed E-state index contributed by atoms with van der Waals surface area (Å²) < 4.78 is 26.4. The zero-order valence-corrected chi connectivity index (χ0v) is 26.1. The van der Waals surface area contributed by atoms with Gasteiger partial charge in [-0.2, -0.15) is 0 Å². The number of carboxylic acid groups (broad SMARTS) is 2. The van der Waals surface area contributed by atoms with E-state index in [-0.39, 0.29) is 29.7 Å². The molecule has 2 aliphatic heterocycles. The first-order valence-electron chi connectivity index (χ1n) is 15.1. The highest BCUT2D eigenvalue weighted by molar-refractivity contribution is 5.88. The quantitative estimate of drug-likeness (QED) is 0.135. The number of piperidine rings is 1. The van der Waals surface area contributed by atoms with Crippen molar-refractivity contribution in [2.24, 2.45) is 0 Å². The summed E-state index contributed by atoms with van der Waals surface area (Å²) in [6.45, 7) is 2.56. The number of carboxylic acids is 2. The van der Waals surface area contributed by atoms with Crippen LogP contribution in [-0.4, -0.2) is 122 Å². The van der Waals surface area contributed by atoms with Crippen molar-refractivity contribution in [2.45, 2.75) is 93.5 Å². The number of carbonyl (C=O) groups is 6. The summed E-state index contributed by atoms with van der Waals surface area (Å²) in [5.41, 5.74) is -0.919. The molecule has 1 spiro atoms. The van der Waals surface area contributed by atoms with Gasteiger partial charge in [0.2, 0.25) is 12.2 Å². The minimum Gasteiger partial charge on any atom is -0.504 e. The van der Waals surface area contributed by atoms with Crippen molar-refractivity contribution < 1.29 is 78.0 Å². The van der Waals surface area contributed by atoms with Crippen molar-refractivity contribution in [1.29, 1.82) is 0 Å². The monoisotopic (exact) mass is 677 g/mol. The molecule has 4 unspecified atom stereocenters. The summed E-state index contributed by atoms with van der Waals surface area (Å²) in [6, 6.07) is 2.96. The predicted octanol–water partition coefficient (Wildman–Crippen LogP) is -0.701. The number of aliphatic hydroxyl groups excluding tert-OH is 1. The lowest BCUT2D eigenvalue weighted by molar-refractivity contribution is -0.186. The second kappa shape index (κ2) is 12.7. The maximum atomic E-state index is 13.3. The van der Waals surface area contributed by atoms with E-state index in [0.29, 0.717) is 24.9 Å². The second-order valence-corrected chi connectivity index (χ2v) is 12.3. The highest BCUT2D eigenvalue weighted by Crippen LogP contribution is 2.65. The summed E-state index contributed by atoms with van der Waals surface area (Å²) in [5, 5.41) is 50.5. The fraction of sp³-hybridized carbons (Fsp3) is 0.548. The van der Waals surface area contributed by atoms with Crippen LogP contribution < -0.4 is 4.74 Å². The lowest BCUT2D eigenvalue weighted by atomic mass is 9.50. The molecule has 1 aromatic carbocycles. The summed E-state index contributed by atoms with van der Waals surface area (Å²) in [4.78, 5) is 75.1.